The smallest absolute Gasteiger partial charge is 0.260 e. The number of fused-ring (bicyclic) bond motifs is 1. The van der Waals surface area contributed by atoms with Crippen LogP contribution in [0.5, 0.6) is 5.75 Å². The van der Waals surface area contributed by atoms with Gasteiger partial charge in [0, 0.05) is 31.2 Å². The minimum absolute atomic E-state index is 0.0257. The molecule has 0 N–H and O–H groups in total. The number of rotatable bonds is 4. The summed E-state index contributed by atoms with van der Waals surface area (Å²) in [4.78, 5) is 26.6. The Hall–Kier alpha value is -2.34. The van der Waals surface area contributed by atoms with E-state index >= 15 is 0 Å². The minimum Gasteiger partial charge on any atom is -0.483 e. The van der Waals surface area contributed by atoms with Gasteiger partial charge in [-0.25, -0.2) is 0 Å². The first kappa shape index (κ1) is 17.5. The van der Waals surface area contributed by atoms with Crippen molar-refractivity contribution in [2.24, 2.45) is 0 Å². The lowest BCUT2D eigenvalue weighted by atomic mass is 10.1. The molecule has 6 heteroatoms. The van der Waals surface area contributed by atoms with Crippen molar-refractivity contribution >= 4 is 16.7 Å². The highest BCUT2D eigenvalue weighted by atomic mass is 16.5. The van der Waals surface area contributed by atoms with Crippen LogP contribution in [-0.4, -0.2) is 47.3 Å². The molecule has 1 aliphatic rings. The number of carbonyl (C=O) groups excluding carboxylic acids is 1. The largest absolute Gasteiger partial charge is 0.483 e. The van der Waals surface area contributed by atoms with Gasteiger partial charge >= 0.3 is 0 Å². The van der Waals surface area contributed by atoms with Gasteiger partial charge in [0.05, 0.1) is 17.6 Å². The van der Waals surface area contributed by atoms with E-state index in [2.05, 4.69) is 0 Å². The number of carbonyl (C=O) groups is 1. The predicted molar refractivity (Wildman–Crippen MR) is 96.0 cm³/mol. The molecule has 2 unspecified atom stereocenters. The molecule has 2 atom stereocenters. The van der Waals surface area contributed by atoms with E-state index in [0.29, 0.717) is 30.8 Å². The van der Waals surface area contributed by atoms with Crippen molar-refractivity contribution in [3.05, 3.63) is 40.8 Å². The maximum Gasteiger partial charge on any atom is 0.260 e. The molecule has 6 nitrogen and oxygen atoms in total. The zero-order valence-electron chi connectivity index (χ0n) is 14.9. The molecule has 0 spiro atoms. The Labute approximate surface area is 146 Å². The van der Waals surface area contributed by atoms with Crippen LogP contribution in [0.25, 0.3) is 10.8 Å². The van der Waals surface area contributed by atoms with Gasteiger partial charge in [0.25, 0.3) is 11.5 Å². The zero-order chi connectivity index (χ0) is 18.0. The van der Waals surface area contributed by atoms with E-state index in [1.165, 1.54) is 0 Å². The standard InChI is InChI=1S/C19H24N2O4/c1-4-20-9-8-15-16(19(20)23)6-5-7-17(15)24-12-18(22)21-10-13(2)25-14(3)11-21/h5-9,13-14H,4,10-12H2,1-3H3. The summed E-state index contributed by atoms with van der Waals surface area (Å²) in [6.07, 6.45) is 1.81. The van der Waals surface area contributed by atoms with Crippen LogP contribution in [0.3, 0.4) is 0 Å². The number of morpholine rings is 1. The predicted octanol–water partition coefficient (Wildman–Crippen LogP) is 2.04. The summed E-state index contributed by atoms with van der Waals surface area (Å²) in [6.45, 7) is 7.56. The van der Waals surface area contributed by atoms with E-state index in [4.69, 9.17) is 9.47 Å². The van der Waals surface area contributed by atoms with Crippen molar-refractivity contribution < 1.29 is 14.3 Å². The number of hydrogen-bond donors (Lipinski definition) is 0. The molecule has 25 heavy (non-hydrogen) atoms. The molecule has 3 rings (SSSR count). The summed E-state index contributed by atoms with van der Waals surface area (Å²) in [5.41, 5.74) is -0.0485. The molecule has 0 aliphatic carbocycles. The molecule has 134 valence electrons. The fraction of sp³-hybridized carbons (Fsp3) is 0.474. The van der Waals surface area contributed by atoms with E-state index < -0.39 is 0 Å². The molecule has 2 aromatic rings. The van der Waals surface area contributed by atoms with Gasteiger partial charge in [-0.15, -0.1) is 0 Å². The molecule has 0 bridgehead atoms. The average Bonchev–Trinajstić information content (AvgIpc) is 2.59. The van der Waals surface area contributed by atoms with Crippen LogP contribution < -0.4 is 10.3 Å². The molecule has 0 saturated carbocycles. The Bertz CT molecular complexity index is 820. The summed E-state index contributed by atoms with van der Waals surface area (Å²) in [5, 5.41) is 1.33. The molecule has 1 saturated heterocycles. The van der Waals surface area contributed by atoms with Crippen molar-refractivity contribution in [1.29, 1.82) is 0 Å². The van der Waals surface area contributed by atoms with Gasteiger partial charge in [-0.2, -0.15) is 0 Å². The highest BCUT2D eigenvalue weighted by molar-refractivity contribution is 5.88. The normalized spacial score (nSPS) is 20.7. The molecule has 1 aliphatic heterocycles. The Morgan fingerprint density at radius 2 is 1.92 bits per heavy atom. The third kappa shape index (κ3) is 3.69. The number of amides is 1. The second-order valence-corrected chi connectivity index (χ2v) is 6.47. The van der Waals surface area contributed by atoms with Crippen LogP contribution in [0.4, 0.5) is 0 Å². The van der Waals surface area contributed by atoms with Crippen molar-refractivity contribution in [3.63, 3.8) is 0 Å². The SMILES string of the molecule is CCn1ccc2c(OCC(=O)N3CC(C)OC(C)C3)cccc2c1=O. The van der Waals surface area contributed by atoms with E-state index in [1.807, 2.05) is 26.8 Å². The van der Waals surface area contributed by atoms with Gasteiger partial charge in [0.1, 0.15) is 5.75 Å². The zero-order valence-corrected chi connectivity index (χ0v) is 14.9. The Morgan fingerprint density at radius 1 is 1.20 bits per heavy atom. The molecular formula is C19H24N2O4. The van der Waals surface area contributed by atoms with Crippen LogP contribution >= 0.6 is 0 Å². The number of ether oxygens (including phenoxy) is 2. The number of nitrogens with zero attached hydrogens (tertiary/aromatic N) is 2. The number of pyridine rings is 1. The fourth-order valence-electron chi connectivity index (χ4n) is 3.28. The van der Waals surface area contributed by atoms with Gasteiger partial charge in [-0.1, -0.05) is 6.07 Å². The monoisotopic (exact) mass is 344 g/mol. The van der Waals surface area contributed by atoms with Crippen LogP contribution in [0.1, 0.15) is 20.8 Å². The number of hydrogen-bond acceptors (Lipinski definition) is 4. The second-order valence-electron chi connectivity index (χ2n) is 6.47. The Balaban J connectivity index is 1.76. The van der Waals surface area contributed by atoms with Gasteiger partial charge in [-0.3, -0.25) is 9.59 Å². The third-order valence-corrected chi connectivity index (χ3v) is 4.44. The van der Waals surface area contributed by atoms with Crippen LogP contribution in [0.15, 0.2) is 35.3 Å². The van der Waals surface area contributed by atoms with Gasteiger partial charge in [-0.05, 0) is 39.0 Å². The number of benzene rings is 1. The number of aromatic nitrogens is 1. The quantitative estimate of drug-likeness (QED) is 0.852. The van der Waals surface area contributed by atoms with E-state index in [9.17, 15) is 9.59 Å². The lowest BCUT2D eigenvalue weighted by molar-refractivity contribution is -0.145. The van der Waals surface area contributed by atoms with E-state index in [0.717, 1.165) is 5.39 Å². The summed E-state index contributed by atoms with van der Waals surface area (Å²) < 4.78 is 13.0. The second kappa shape index (κ2) is 7.27. The van der Waals surface area contributed by atoms with Crippen molar-refractivity contribution in [2.45, 2.75) is 39.5 Å². The first-order chi connectivity index (χ1) is 12.0. The van der Waals surface area contributed by atoms with Gasteiger partial charge in [0.2, 0.25) is 0 Å². The molecule has 1 aromatic heterocycles. The molecule has 0 radical (unpaired) electrons. The molecular weight excluding hydrogens is 320 g/mol. The molecule has 1 fully saturated rings. The van der Waals surface area contributed by atoms with Crippen molar-refractivity contribution in [1.82, 2.24) is 9.47 Å². The van der Waals surface area contributed by atoms with Crippen LogP contribution in [0.2, 0.25) is 0 Å². The maximum atomic E-state index is 12.4. The molecule has 1 amide bonds. The van der Waals surface area contributed by atoms with Gasteiger partial charge in [0.15, 0.2) is 6.61 Å². The van der Waals surface area contributed by atoms with E-state index in [-0.39, 0.29) is 30.3 Å². The molecule has 1 aromatic carbocycles. The van der Waals surface area contributed by atoms with E-state index in [1.54, 1.807) is 33.9 Å². The number of aryl methyl sites for hydroxylation is 1. The first-order valence-electron chi connectivity index (χ1n) is 8.67. The summed E-state index contributed by atoms with van der Waals surface area (Å²) in [6, 6.07) is 7.21. The minimum atomic E-state index is -0.0686. The summed E-state index contributed by atoms with van der Waals surface area (Å²) in [7, 11) is 0. The maximum absolute atomic E-state index is 12.4. The third-order valence-electron chi connectivity index (χ3n) is 4.44. The lowest BCUT2D eigenvalue weighted by Crippen LogP contribution is -2.49. The summed E-state index contributed by atoms with van der Waals surface area (Å²) in [5.74, 6) is 0.487. The van der Waals surface area contributed by atoms with Gasteiger partial charge < -0.3 is 18.9 Å². The highest BCUT2D eigenvalue weighted by Gasteiger charge is 2.26. The fourth-order valence-corrected chi connectivity index (χ4v) is 3.28. The van der Waals surface area contributed by atoms with Crippen LogP contribution in [-0.2, 0) is 16.1 Å². The van der Waals surface area contributed by atoms with Crippen molar-refractivity contribution in [2.75, 3.05) is 19.7 Å². The van der Waals surface area contributed by atoms with Crippen molar-refractivity contribution in [3.8, 4) is 5.75 Å². The Morgan fingerprint density at radius 3 is 2.60 bits per heavy atom. The first-order valence-corrected chi connectivity index (χ1v) is 8.67. The average molecular weight is 344 g/mol. The van der Waals surface area contributed by atoms with Crippen LogP contribution in [0, 0.1) is 0 Å². The molecule has 2 heterocycles. The topological polar surface area (TPSA) is 60.8 Å². The highest BCUT2D eigenvalue weighted by Crippen LogP contribution is 2.23. The Kier molecular flexibility index (Phi) is 5.08. The lowest BCUT2D eigenvalue weighted by Gasteiger charge is -2.35. The summed E-state index contributed by atoms with van der Waals surface area (Å²) >= 11 is 0.